The molecule has 0 aromatic heterocycles. The third-order valence-electron chi connectivity index (χ3n) is 3.08. The van der Waals surface area contributed by atoms with E-state index in [0.717, 1.165) is 25.3 Å². The minimum atomic E-state index is 0.387. The van der Waals surface area contributed by atoms with Crippen LogP contribution < -0.4 is 10.1 Å². The lowest BCUT2D eigenvalue weighted by molar-refractivity contribution is 0.305. The molecule has 1 N–H and O–H groups in total. The van der Waals surface area contributed by atoms with E-state index < -0.39 is 0 Å². The van der Waals surface area contributed by atoms with Gasteiger partial charge in [-0.15, -0.1) is 0 Å². The lowest BCUT2D eigenvalue weighted by Crippen LogP contribution is -2.21. The van der Waals surface area contributed by atoms with Crippen LogP contribution in [-0.4, -0.2) is 13.2 Å². The summed E-state index contributed by atoms with van der Waals surface area (Å²) in [4.78, 5) is 0. The first kappa shape index (κ1) is 13.6. The summed E-state index contributed by atoms with van der Waals surface area (Å²) in [5, 5.41) is 3.51. The fourth-order valence-corrected chi connectivity index (χ4v) is 1.96. The van der Waals surface area contributed by atoms with Crippen LogP contribution in [0.2, 0.25) is 0 Å². The topological polar surface area (TPSA) is 21.3 Å². The molecule has 0 saturated carbocycles. The largest absolute Gasteiger partial charge is 0.494 e. The summed E-state index contributed by atoms with van der Waals surface area (Å²) in [7, 11) is 0. The van der Waals surface area contributed by atoms with Gasteiger partial charge in [0.2, 0.25) is 0 Å². The van der Waals surface area contributed by atoms with Gasteiger partial charge in [0.25, 0.3) is 0 Å². The Morgan fingerprint density at radius 1 is 0.947 bits per heavy atom. The van der Waals surface area contributed by atoms with Gasteiger partial charge in [-0.1, -0.05) is 48.5 Å². The molecule has 0 amide bonds. The van der Waals surface area contributed by atoms with E-state index in [-0.39, 0.29) is 0 Å². The summed E-state index contributed by atoms with van der Waals surface area (Å²) in [6, 6.07) is 20.8. The molecule has 0 radical (unpaired) electrons. The Balaban J connectivity index is 1.62. The molecule has 0 spiro atoms. The molecule has 0 aliphatic heterocycles. The van der Waals surface area contributed by atoms with Gasteiger partial charge in [-0.05, 0) is 37.6 Å². The summed E-state index contributed by atoms with van der Waals surface area (Å²) in [5.74, 6) is 0.943. The smallest absolute Gasteiger partial charge is 0.119 e. The van der Waals surface area contributed by atoms with Crippen molar-refractivity contribution >= 4 is 0 Å². The zero-order valence-corrected chi connectivity index (χ0v) is 11.4. The molecule has 100 valence electrons. The normalized spacial score (nSPS) is 12.1. The molecule has 0 bridgehead atoms. The second-order valence-electron chi connectivity index (χ2n) is 4.60. The quantitative estimate of drug-likeness (QED) is 0.760. The maximum atomic E-state index is 5.65. The summed E-state index contributed by atoms with van der Waals surface area (Å²) < 4.78 is 5.65. The maximum absolute atomic E-state index is 5.65. The van der Waals surface area contributed by atoms with Crippen LogP contribution in [0.25, 0.3) is 0 Å². The standard InChI is InChI=1S/C17H21NO/c1-15(16-9-4-2-5-10-16)18-13-8-14-19-17-11-6-3-7-12-17/h2-7,9-12,15,18H,8,13-14H2,1H3. The van der Waals surface area contributed by atoms with Gasteiger partial charge in [0.05, 0.1) is 6.61 Å². The SMILES string of the molecule is CC(NCCCOc1ccccc1)c1ccccc1. The summed E-state index contributed by atoms with van der Waals surface area (Å²) >= 11 is 0. The van der Waals surface area contributed by atoms with Crippen molar-refractivity contribution in [2.45, 2.75) is 19.4 Å². The van der Waals surface area contributed by atoms with Gasteiger partial charge < -0.3 is 10.1 Å². The van der Waals surface area contributed by atoms with Gasteiger partial charge in [-0.25, -0.2) is 0 Å². The molecular formula is C17H21NO. The van der Waals surface area contributed by atoms with Crippen molar-refractivity contribution in [1.29, 1.82) is 0 Å². The van der Waals surface area contributed by atoms with E-state index in [1.54, 1.807) is 0 Å². The zero-order valence-electron chi connectivity index (χ0n) is 11.4. The molecule has 1 unspecified atom stereocenters. The number of hydrogen-bond donors (Lipinski definition) is 1. The number of benzene rings is 2. The van der Waals surface area contributed by atoms with Gasteiger partial charge >= 0.3 is 0 Å². The minimum absolute atomic E-state index is 0.387. The highest BCUT2D eigenvalue weighted by molar-refractivity contribution is 5.21. The lowest BCUT2D eigenvalue weighted by atomic mass is 10.1. The average Bonchev–Trinajstić information content (AvgIpc) is 2.49. The van der Waals surface area contributed by atoms with Gasteiger partial charge in [0, 0.05) is 6.04 Å². The molecule has 0 aliphatic carbocycles. The molecule has 2 heteroatoms. The zero-order chi connectivity index (χ0) is 13.3. The maximum Gasteiger partial charge on any atom is 0.119 e. The first-order valence-corrected chi connectivity index (χ1v) is 6.82. The predicted octanol–water partition coefficient (Wildman–Crippen LogP) is 3.81. The van der Waals surface area contributed by atoms with Crippen LogP contribution in [-0.2, 0) is 0 Å². The van der Waals surface area contributed by atoms with Crippen LogP contribution in [0.3, 0.4) is 0 Å². The molecule has 2 nitrogen and oxygen atoms in total. The fourth-order valence-electron chi connectivity index (χ4n) is 1.96. The first-order chi connectivity index (χ1) is 9.36. The van der Waals surface area contributed by atoms with Gasteiger partial charge in [-0.3, -0.25) is 0 Å². The van der Waals surface area contributed by atoms with Gasteiger partial charge in [0.15, 0.2) is 0 Å². The van der Waals surface area contributed by atoms with E-state index in [4.69, 9.17) is 4.74 Å². The van der Waals surface area contributed by atoms with E-state index in [0.29, 0.717) is 6.04 Å². The average molecular weight is 255 g/mol. The van der Waals surface area contributed by atoms with Crippen LogP contribution in [0.5, 0.6) is 5.75 Å². The Labute approximate surface area is 115 Å². The molecule has 1 atom stereocenters. The van der Waals surface area contributed by atoms with Crippen LogP contribution in [0.4, 0.5) is 0 Å². The van der Waals surface area contributed by atoms with Crippen molar-refractivity contribution in [3.05, 3.63) is 66.2 Å². The third-order valence-corrected chi connectivity index (χ3v) is 3.08. The van der Waals surface area contributed by atoms with E-state index in [1.807, 2.05) is 36.4 Å². The summed E-state index contributed by atoms with van der Waals surface area (Å²) in [6.45, 7) is 3.90. The van der Waals surface area contributed by atoms with Gasteiger partial charge in [-0.2, -0.15) is 0 Å². The van der Waals surface area contributed by atoms with Crippen molar-refractivity contribution in [3.63, 3.8) is 0 Å². The molecule has 0 fully saturated rings. The van der Waals surface area contributed by atoms with Crippen molar-refractivity contribution < 1.29 is 4.74 Å². The summed E-state index contributed by atoms with van der Waals surface area (Å²) in [5.41, 5.74) is 1.33. The monoisotopic (exact) mass is 255 g/mol. The predicted molar refractivity (Wildman–Crippen MR) is 79.4 cm³/mol. The van der Waals surface area contributed by atoms with Crippen molar-refractivity contribution in [2.24, 2.45) is 0 Å². The molecule has 19 heavy (non-hydrogen) atoms. The summed E-state index contributed by atoms with van der Waals surface area (Å²) in [6.07, 6.45) is 1.01. The highest BCUT2D eigenvalue weighted by Gasteiger charge is 2.02. The Morgan fingerprint density at radius 2 is 1.58 bits per heavy atom. The molecule has 2 aromatic rings. The number of nitrogens with one attached hydrogen (secondary N) is 1. The van der Waals surface area contributed by atoms with Crippen molar-refractivity contribution in [2.75, 3.05) is 13.2 Å². The number of para-hydroxylation sites is 1. The highest BCUT2D eigenvalue weighted by Crippen LogP contribution is 2.11. The second-order valence-corrected chi connectivity index (χ2v) is 4.60. The Hall–Kier alpha value is -1.80. The van der Waals surface area contributed by atoms with E-state index in [2.05, 4.69) is 36.5 Å². The van der Waals surface area contributed by atoms with Crippen molar-refractivity contribution in [1.82, 2.24) is 5.32 Å². The van der Waals surface area contributed by atoms with E-state index in [1.165, 1.54) is 5.56 Å². The van der Waals surface area contributed by atoms with Crippen molar-refractivity contribution in [3.8, 4) is 5.75 Å². The molecule has 0 heterocycles. The van der Waals surface area contributed by atoms with E-state index >= 15 is 0 Å². The van der Waals surface area contributed by atoms with Crippen LogP contribution in [0, 0.1) is 0 Å². The molecule has 0 saturated heterocycles. The van der Waals surface area contributed by atoms with Crippen LogP contribution >= 0.6 is 0 Å². The number of rotatable bonds is 7. The number of ether oxygens (including phenoxy) is 1. The Kier molecular flexibility index (Phi) is 5.45. The first-order valence-electron chi connectivity index (χ1n) is 6.82. The Bertz CT molecular complexity index is 455. The lowest BCUT2D eigenvalue weighted by Gasteiger charge is -2.14. The number of hydrogen-bond acceptors (Lipinski definition) is 2. The molecule has 2 rings (SSSR count). The second kappa shape index (κ2) is 7.59. The van der Waals surface area contributed by atoms with Crippen LogP contribution in [0.15, 0.2) is 60.7 Å². The Morgan fingerprint density at radius 3 is 2.26 bits per heavy atom. The van der Waals surface area contributed by atoms with E-state index in [9.17, 15) is 0 Å². The third kappa shape index (κ3) is 4.76. The fraction of sp³-hybridized carbons (Fsp3) is 0.294. The molecular weight excluding hydrogens is 234 g/mol. The highest BCUT2D eigenvalue weighted by atomic mass is 16.5. The molecule has 0 aliphatic rings. The van der Waals surface area contributed by atoms with Crippen LogP contribution in [0.1, 0.15) is 24.9 Å². The molecule has 2 aromatic carbocycles. The minimum Gasteiger partial charge on any atom is -0.494 e. The van der Waals surface area contributed by atoms with Gasteiger partial charge in [0.1, 0.15) is 5.75 Å².